The van der Waals surface area contributed by atoms with E-state index in [2.05, 4.69) is 9.97 Å². The van der Waals surface area contributed by atoms with Gasteiger partial charge in [-0.15, -0.1) is 0 Å². The van der Waals surface area contributed by atoms with Crippen molar-refractivity contribution in [2.45, 2.75) is 13.3 Å². The van der Waals surface area contributed by atoms with Gasteiger partial charge in [-0.1, -0.05) is 11.8 Å². The Morgan fingerprint density at radius 2 is 2.32 bits per heavy atom. The molecule has 0 radical (unpaired) electrons. The van der Waals surface area contributed by atoms with E-state index in [0.29, 0.717) is 24.5 Å². The summed E-state index contributed by atoms with van der Waals surface area (Å²) >= 11 is 1.22. The van der Waals surface area contributed by atoms with Gasteiger partial charge in [-0.05, 0) is 5.92 Å². The second-order valence-electron chi connectivity index (χ2n) is 4.22. The van der Waals surface area contributed by atoms with Crippen LogP contribution in [0.4, 0.5) is 5.82 Å². The van der Waals surface area contributed by atoms with E-state index < -0.39 is 0 Å². The van der Waals surface area contributed by atoms with E-state index in [1.807, 2.05) is 6.07 Å². The number of aromatic nitrogens is 2. The van der Waals surface area contributed by atoms with E-state index in [1.54, 1.807) is 0 Å². The van der Waals surface area contributed by atoms with Gasteiger partial charge in [0.05, 0.1) is 0 Å². The molecule has 0 spiro atoms. The first-order valence-corrected chi connectivity index (χ1v) is 6.75. The predicted molar refractivity (Wildman–Crippen MR) is 70.3 cm³/mol. The number of nitriles is 1. The average molecular weight is 276 g/mol. The van der Waals surface area contributed by atoms with Crippen molar-refractivity contribution in [2.75, 3.05) is 17.2 Å². The zero-order chi connectivity index (χ0) is 13.8. The van der Waals surface area contributed by atoms with Gasteiger partial charge in [0, 0.05) is 38.0 Å². The molecule has 1 aromatic heterocycles. The van der Waals surface area contributed by atoms with Crippen LogP contribution < -0.4 is 4.90 Å². The molecule has 1 saturated heterocycles. The van der Waals surface area contributed by atoms with Gasteiger partial charge in [-0.25, -0.2) is 9.97 Å². The van der Waals surface area contributed by atoms with Crippen LogP contribution in [0.1, 0.15) is 19.0 Å². The molecule has 0 aromatic carbocycles. The summed E-state index contributed by atoms with van der Waals surface area (Å²) in [7, 11) is 0. The average Bonchev–Trinajstić information content (AvgIpc) is 2.77. The molecule has 1 fully saturated rings. The molecule has 0 aliphatic carbocycles. The maximum absolute atomic E-state index is 12.0. The summed E-state index contributed by atoms with van der Waals surface area (Å²) in [6.45, 7) is 1.99. The molecule has 0 bridgehead atoms. The van der Waals surface area contributed by atoms with Crippen LogP contribution >= 0.6 is 11.8 Å². The number of anilines is 1. The van der Waals surface area contributed by atoms with Gasteiger partial charge >= 0.3 is 0 Å². The van der Waals surface area contributed by atoms with Crippen molar-refractivity contribution in [3.05, 3.63) is 18.1 Å². The molecule has 1 amide bonds. The minimum atomic E-state index is -0.0776. The molecule has 98 valence electrons. The number of amides is 1. The Hall–Kier alpha value is -1.94. The first kappa shape index (κ1) is 13.5. The first-order chi connectivity index (χ1) is 9.11. The Morgan fingerprint density at radius 1 is 1.58 bits per heavy atom. The van der Waals surface area contributed by atoms with Crippen LogP contribution in [0.15, 0.2) is 12.4 Å². The lowest BCUT2D eigenvalue weighted by atomic mass is 10.1. The minimum absolute atomic E-state index is 0.0446. The van der Waals surface area contributed by atoms with Crippen LogP contribution in [0.3, 0.4) is 0 Å². The molecule has 1 aromatic rings. The Morgan fingerprint density at radius 3 is 3.00 bits per heavy atom. The molecular formula is C12H12N4O2S. The molecule has 1 unspecified atom stereocenters. The van der Waals surface area contributed by atoms with Gasteiger partial charge < -0.3 is 0 Å². The summed E-state index contributed by atoms with van der Waals surface area (Å²) < 4.78 is 0. The molecule has 6 nitrogen and oxygen atoms in total. The van der Waals surface area contributed by atoms with Crippen LogP contribution in [-0.4, -0.2) is 33.3 Å². The van der Waals surface area contributed by atoms with E-state index in [-0.39, 0.29) is 22.6 Å². The SMILES string of the molecule is CC(=O)SCC1CC(=O)N(c2nccnc2C#N)C1. The second-order valence-corrected chi connectivity index (χ2v) is 5.41. The molecule has 2 heterocycles. The second kappa shape index (κ2) is 5.80. The zero-order valence-electron chi connectivity index (χ0n) is 10.4. The molecule has 0 saturated carbocycles. The van der Waals surface area contributed by atoms with Crippen LogP contribution in [0.5, 0.6) is 0 Å². The molecule has 1 atom stereocenters. The van der Waals surface area contributed by atoms with E-state index in [0.717, 1.165) is 0 Å². The third-order valence-electron chi connectivity index (χ3n) is 2.77. The van der Waals surface area contributed by atoms with Crippen molar-refractivity contribution in [1.82, 2.24) is 9.97 Å². The number of hydrogen-bond acceptors (Lipinski definition) is 6. The highest BCUT2D eigenvalue weighted by Crippen LogP contribution is 2.27. The Kier molecular flexibility index (Phi) is 4.12. The van der Waals surface area contributed by atoms with Gasteiger partial charge in [-0.3, -0.25) is 14.5 Å². The molecule has 2 rings (SSSR count). The fraction of sp³-hybridized carbons (Fsp3) is 0.417. The Balaban J connectivity index is 2.12. The van der Waals surface area contributed by atoms with Crippen LogP contribution in [0.2, 0.25) is 0 Å². The summed E-state index contributed by atoms with van der Waals surface area (Å²) in [5, 5.41) is 9.01. The maximum atomic E-state index is 12.0. The number of thioether (sulfide) groups is 1. The van der Waals surface area contributed by atoms with Gasteiger partial charge in [0.2, 0.25) is 5.91 Å². The van der Waals surface area contributed by atoms with Gasteiger partial charge in [0.1, 0.15) is 6.07 Å². The number of rotatable bonds is 3. The smallest absolute Gasteiger partial charge is 0.228 e. The summed E-state index contributed by atoms with van der Waals surface area (Å²) in [6, 6.07) is 1.93. The number of carbonyl (C=O) groups is 2. The van der Waals surface area contributed by atoms with Gasteiger partial charge in [-0.2, -0.15) is 5.26 Å². The number of nitrogens with zero attached hydrogens (tertiary/aromatic N) is 4. The van der Waals surface area contributed by atoms with E-state index in [9.17, 15) is 9.59 Å². The lowest BCUT2D eigenvalue weighted by Crippen LogP contribution is -2.27. The van der Waals surface area contributed by atoms with Crippen molar-refractivity contribution in [2.24, 2.45) is 5.92 Å². The third kappa shape index (κ3) is 3.09. The lowest BCUT2D eigenvalue weighted by Gasteiger charge is -2.15. The fourth-order valence-electron chi connectivity index (χ4n) is 1.94. The lowest BCUT2D eigenvalue weighted by molar-refractivity contribution is -0.117. The summed E-state index contributed by atoms with van der Waals surface area (Å²) in [5.74, 6) is 0.950. The highest BCUT2D eigenvalue weighted by Gasteiger charge is 2.33. The zero-order valence-corrected chi connectivity index (χ0v) is 11.2. The van der Waals surface area contributed by atoms with Crippen molar-refractivity contribution < 1.29 is 9.59 Å². The van der Waals surface area contributed by atoms with Gasteiger partial charge in [0.15, 0.2) is 16.6 Å². The topological polar surface area (TPSA) is 87.0 Å². The van der Waals surface area contributed by atoms with Crippen molar-refractivity contribution >= 4 is 28.6 Å². The number of hydrogen-bond donors (Lipinski definition) is 0. The standard InChI is InChI=1S/C12H12N4O2S/c1-8(17)19-7-9-4-11(18)16(6-9)12-10(5-13)14-2-3-15-12/h2-3,9H,4,6-7H2,1H3. The minimum Gasteiger partial charge on any atom is -0.294 e. The monoisotopic (exact) mass is 276 g/mol. The first-order valence-electron chi connectivity index (χ1n) is 5.76. The molecular weight excluding hydrogens is 264 g/mol. The predicted octanol–water partition coefficient (Wildman–Crippen LogP) is 0.981. The number of carbonyl (C=O) groups excluding carboxylic acids is 2. The van der Waals surface area contributed by atoms with Crippen LogP contribution in [-0.2, 0) is 9.59 Å². The molecule has 1 aliphatic heterocycles. The van der Waals surface area contributed by atoms with E-state index >= 15 is 0 Å². The summed E-state index contributed by atoms with van der Waals surface area (Å²) in [4.78, 5) is 32.3. The largest absolute Gasteiger partial charge is 0.294 e. The van der Waals surface area contributed by atoms with E-state index in [1.165, 1.54) is 36.0 Å². The molecule has 7 heteroatoms. The van der Waals surface area contributed by atoms with Crippen LogP contribution in [0.25, 0.3) is 0 Å². The molecule has 1 aliphatic rings. The van der Waals surface area contributed by atoms with Gasteiger partial charge in [0.25, 0.3) is 0 Å². The van der Waals surface area contributed by atoms with Crippen molar-refractivity contribution in [3.63, 3.8) is 0 Å². The highest BCUT2D eigenvalue weighted by atomic mass is 32.2. The van der Waals surface area contributed by atoms with E-state index in [4.69, 9.17) is 5.26 Å². The highest BCUT2D eigenvalue weighted by molar-refractivity contribution is 8.13. The maximum Gasteiger partial charge on any atom is 0.228 e. The summed E-state index contributed by atoms with van der Waals surface area (Å²) in [5.41, 5.74) is 0.149. The van der Waals surface area contributed by atoms with Crippen molar-refractivity contribution in [1.29, 1.82) is 5.26 Å². The normalized spacial score (nSPS) is 18.4. The third-order valence-corrected chi connectivity index (χ3v) is 3.81. The molecule has 0 N–H and O–H groups in total. The van der Waals surface area contributed by atoms with Crippen LogP contribution in [0, 0.1) is 17.2 Å². The quantitative estimate of drug-likeness (QED) is 0.818. The Bertz CT molecular complexity index is 555. The Labute approximate surface area is 114 Å². The molecule has 19 heavy (non-hydrogen) atoms. The summed E-state index contributed by atoms with van der Waals surface area (Å²) in [6.07, 6.45) is 3.26. The van der Waals surface area contributed by atoms with Crippen molar-refractivity contribution in [3.8, 4) is 6.07 Å². The fourth-order valence-corrected chi connectivity index (χ4v) is 2.63.